The Morgan fingerprint density at radius 1 is 1.33 bits per heavy atom. The lowest BCUT2D eigenvalue weighted by molar-refractivity contribution is 0.309. The maximum Gasteiger partial charge on any atom is 0.213 e. The van der Waals surface area contributed by atoms with Gasteiger partial charge in [-0.05, 0) is 29.5 Å². The molecule has 2 aromatic heterocycles. The summed E-state index contributed by atoms with van der Waals surface area (Å²) < 4.78 is 5.84. The van der Waals surface area contributed by atoms with Gasteiger partial charge < -0.3 is 10.1 Å². The highest BCUT2D eigenvalue weighted by molar-refractivity contribution is 7.09. The summed E-state index contributed by atoms with van der Waals surface area (Å²) in [5.74, 6) is 0.742. The van der Waals surface area contributed by atoms with Gasteiger partial charge in [-0.15, -0.1) is 11.3 Å². The van der Waals surface area contributed by atoms with Gasteiger partial charge in [-0.1, -0.05) is 26.8 Å². The molecule has 0 bridgehead atoms. The predicted molar refractivity (Wildman–Crippen MR) is 89.1 cm³/mol. The molecule has 114 valence electrons. The van der Waals surface area contributed by atoms with Crippen molar-refractivity contribution >= 4 is 11.3 Å². The number of aryl methyl sites for hydroxylation is 1. The molecule has 0 amide bonds. The Morgan fingerprint density at radius 2 is 2.19 bits per heavy atom. The van der Waals surface area contributed by atoms with Crippen molar-refractivity contribution in [3.63, 3.8) is 0 Å². The number of pyridine rings is 1. The van der Waals surface area contributed by atoms with Gasteiger partial charge in [0.05, 0.1) is 6.61 Å². The Labute approximate surface area is 131 Å². The predicted octanol–water partition coefficient (Wildman–Crippen LogP) is 3.83. The zero-order chi connectivity index (χ0) is 15.1. The summed E-state index contributed by atoms with van der Waals surface area (Å²) in [6.45, 7) is 7.96. The lowest BCUT2D eigenvalue weighted by Gasteiger charge is -2.11. The number of nitrogens with zero attached hydrogens (tertiary/aromatic N) is 1. The molecule has 0 aliphatic carbocycles. The minimum absolute atomic E-state index is 0.478. The number of ether oxygens (including phenoxy) is 1. The van der Waals surface area contributed by atoms with Gasteiger partial charge in [0.2, 0.25) is 5.88 Å². The third-order valence-corrected chi connectivity index (χ3v) is 4.11. The molecule has 0 spiro atoms. The molecule has 0 atom stereocenters. The first-order chi connectivity index (χ1) is 10.2. The fourth-order valence-electron chi connectivity index (χ4n) is 2.01. The van der Waals surface area contributed by atoms with E-state index in [1.54, 1.807) is 11.3 Å². The molecule has 0 fully saturated rings. The first kappa shape index (κ1) is 16.0. The Morgan fingerprint density at radius 3 is 2.86 bits per heavy atom. The van der Waals surface area contributed by atoms with E-state index in [-0.39, 0.29) is 0 Å². The van der Waals surface area contributed by atoms with Crippen LogP contribution in [-0.2, 0) is 19.4 Å². The van der Waals surface area contributed by atoms with Gasteiger partial charge in [0.15, 0.2) is 0 Å². The van der Waals surface area contributed by atoms with Crippen molar-refractivity contribution in [2.45, 2.75) is 46.2 Å². The molecule has 0 aliphatic heterocycles. The molecular weight excluding hydrogens is 280 g/mol. The second-order valence-corrected chi connectivity index (χ2v) is 6.40. The molecule has 0 radical (unpaired) electrons. The van der Waals surface area contributed by atoms with Crippen LogP contribution in [0.2, 0.25) is 0 Å². The van der Waals surface area contributed by atoms with Crippen LogP contribution in [0.3, 0.4) is 0 Å². The van der Waals surface area contributed by atoms with E-state index in [0.717, 1.165) is 31.0 Å². The fraction of sp³-hybridized carbons (Fsp3) is 0.471. The average molecular weight is 304 g/mol. The number of rotatable bonds is 8. The molecule has 0 saturated heterocycles. The van der Waals surface area contributed by atoms with Crippen LogP contribution in [-0.4, -0.2) is 17.6 Å². The fourth-order valence-corrected chi connectivity index (χ4v) is 2.70. The maximum atomic E-state index is 5.84. The van der Waals surface area contributed by atoms with E-state index >= 15 is 0 Å². The molecule has 1 N–H and O–H groups in total. The molecule has 2 rings (SSSR count). The van der Waals surface area contributed by atoms with Crippen LogP contribution in [0.15, 0.2) is 29.6 Å². The molecule has 0 saturated carbocycles. The van der Waals surface area contributed by atoms with Gasteiger partial charge in [0.25, 0.3) is 0 Å². The summed E-state index contributed by atoms with van der Waals surface area (Å²) in [6, 6.07) is 8.89. The number of aromatic nitrogens is 1. The van der Waals surface area contributed by atoms with Crippen molar-refractivity contribution in [1.29, 1.82) is 0 Å². The molecule has 0 aromatic carbocycles. The van der Waals surface area contributed by atoms with Crippen LogP contribution in [0, 0.1) is 0 Å². The van der Waals surface area contributed by atoms with Crippen molar-refractivity contribution in [2.24, 2.45) is 0 Å². The number of nitrogens with one attached hydrogen (secondary N) is 1. The molecular formula is C17H24N2OS. The monoisotopic (exact) mass is 304 g/mol. The van der Waals surface area contributed by atoms with Gasteiger partial charge in [0, 0.05) is 35.6 Å². The van der Waals surface area contributed by atoms with E-state index in [1.165, 1.54) is 10.4 Å². The summed E-state index contributed by atoms with van der Waals surface area (Å²) in [6.07, 6.45) is 1.87. The highest BCUT2D eigenvalue weighted by Gasteiger charge is 2.04. The van der Waals surface area contributed by atoms with E-state index in [4.69, 9.17) is 4.74 Å². The zero-order valence-corrected chi connectivity index (χ0v) is 13.9. The van der Waals surface area contributed by atoms with Crippen LogP contribution in [0.1, 0.15) is 36.9 Å². The van der Waals surface area contributed by atoms with Crippen molar-refractivity contribution < 1.29 is 4.74 Å². The van der Waals surface area contributed by atoms with Gasteiger partial charge in [-0.3, -0.25) is 0 Å². The standard InChI is InChI=1S/C17H24N2OS/c1-4-15-10-14(12-18-13(2)3)11-17(19-15)20-8-7-16-6-5-9-21-16/h5-6,9-11,13,18H,4,7-8,12H2,1-3H3. The van der Waals surface area contributed by atoms with Crippen molar-refractivity contribution in [3.8, 4) is 5.88 Å². The highest BCUT2D eigenvalue weighted by Crippen LogP contribution is 2.15. The zero-order valence-electron chi connectivity index (χ0n) is 13.1. The Bertz CT molecular complexity index is 538. The van der Waals surface area contributed by atoms with Crippen LogP contribution < -0.4 is 10.1 Å². The third kappa shape index (κ3) is 5.48. The minimum atomic E-state index is 0.478. The van der Waals surface area contributed by atoms with Crippen molar-refractivity contribution in [3.05, 3.63) is 45.8 Å². The second kappa shape index (κ2) is 8.15. The average Bonchev–Trinajstić information content (AvgIpc) is 2.98. The molecule has 4 heteroatoms. The van der Waals surface area contributed by atoms with Crippen molar-refractivity contribution in [2.75, 3.05) is 6.61 Å². The molecule has 0 aliphatic rings. The second-order valence-electron chi connectivity index (χ2n) is 5.37. The number of hydrogen-bond donors (Lipinski definition) is 1. The quantitative estimate of drug-likeness (QED) is 0.805. The summed E-state index contributed by atoms with van der Waals surface area (Å²) in [4.78, 5) is 5.90. The Hall–Kier alpha value is -1.39. The van der Waals surface area contributed by atoms with Crippen LogP contribution in [0.5, 0.6) is 5.88 Å². The van der Waals surface area contributed by atoms with E-state index in [1.807, 2.05) is 6.07 Å². The maximum absolute atomic E-state index is 5.84. The van der Waals surface area contributed by atoms with Gasteiger partial charge >= 0.3 is 0 Å². The van der Waals surface area contributed by atoms with E-state index in [9.17, 15) is 0 Å². The highest BCUT2D eigenvalue weighted by atomic mass is 32.1. The van der Waals surface area contributed by atoms with Gasteiger partial charge in [0.1, 0.15) is 0 Å². The minimum Gasteiger partial charge on any atom is -0.477 e. The van der Waals surface area contributed by atoms with Gasteiger partial charge in [-0.25, -0.2) is 4.98 Å². The molecule has 21 heavy (non-hydrogen) atoms. The molecule has 0 unspecified atom stereocenters. The number of hydrogen-bond acceptors (Lipinski definition) is 4. The van der Waals surface area contributed by atoms with E-state index < -0.39 is 0 Å². The summed E-state index contributed by atoms with van der Waals surface area (Å²) in [5, 5.41) is 5.54. The summed E-state index contributed by atoms with van der Waals surface area (Å²) in [7, 11) is 0. The normalized spacial score (nSPS) is 11.0. The lowest BCUT2D eigenvalue weighted by Crippen LogP contribution is -2.22. The third-order valence-electron chi connectivity index (χ3n) is 3.17. The molecule has 3 nitrogen and oxygen atoms in total. The smallest absolute Gasteiger partial charge is 0.213 e. The summed E-state index contributed by atoms with van der Waals surface area (Å²) in [5.41, 5.74) is 2.32. The largest absolute Gasteiger partial charge is 0.477 e. The SMILES string of the molecule is CCc1cc(CNC(C)C)cc(OCCc2cccs2)n1. The van der Waals surface area contributed by atoms with Crippen LogP contribution in [0.25, 0.3) is 0 Å². The first-order valence-electron chi connectivity index (χ1n) is 7.55. The van der Waals surface area contributed by atoms with Gasteiger partial charge in [-0.2, -0.15) is 0 Å². The number of thiophene rings is 1. The van der Waals surface area contributed by atoms with Crippen LogP contribution in [0.4, 0.5) is 0 Å². The summed E-state index contributed by atoms with van der Waals surface area (Å²) >= 11 is 1.77. The van der Waals surface area contributed by atoms with E-state index in [0.29, 0.717) is 12.6 Å². The molecule has 2 aromatic rings. The Balaban J connectivity index is 1.95. The lowest BCUT2D eigenvalue weighted by atomic mass is 10.2. The van der Waals surface area contributed by atoms with Crippen LogP contribution >= 0.6 is 11.3 Å². The molecule has 2 heterocycles. The van der Waals surface area contributed by atoms with Crippen molar-refractivity contribution in [1.82, 2.24) is 10.3 Å². The topological polar surface area (TPSA) is 34.1 Å². The van der Waals surface area contributed by atoms with E-state index in [2.05, 4.69) is 54.7 Å². The Kier molecular flexibility index (Phi) is 6.21. The first-order valence-corrected chi connectivity index (χ1v) is 8.43.